The number of hydrogen-bond acceptors (Lipinski definition) is 5. The molecule has 3 aromatic rings. The summed E-state index contributed by atoms with van der Waals surface area (Å²) in [5, 5.41) is 3.71. The maximum absolute atomic E-state index is 12.0. The van der Waals surface area contributed by atoms with Gasteiger partial charge >= 0.3 is 0 Å². The lowest BCUT2D eigenvalue weighted by Gasteiger charge is -2.10. The van der Waals surface area contributed by atoms with E-state index >= 15 is 0 Å². The SMILES string of the molecule is O=C(CSc1ccccn1)NCc1cccnc1Oc1ccccc1. The van der Waals surface area contributed by atoms with Crippen LogP contribution in [0, 0.1) is 0 Å². The molecule has 2 aromatic heterocycles. The molecule has 0 saturated heterocycles. The number of nitrogens with zero attached hydrogens (tertiary/aromatic N) is 2. The van der Waals surface area contributed by atoms with Crippen molar-refractivity contribution in [2.24, 2.45) is 0 Å². The highest BCUT2D eigenvalue weighted by Crippen LogP contribution is 2.22. The predicted molar refractivity (Wildman–Crippen MR) is 97.6 cm³/mol. The van der Waals surface area contributed by atoms with Crippen molar-refractivity contribution in [3.63, 3.8) is 0 Å². The van der Waals surface area contributed by atoms with Crippen LogP contribution in [-0.4, -0.2) is 21.6 Å². The van der Waals surface area contributed by atoms with Crippen LogP contribution in [0.15, 0.2) is 78.1 Å². The van der Waals surface area contributed by atoms with Gasteiger partial charge in [-0.25, -0.2) is 9.97 Å². The van der Waals surface area contributed by atoms with Crippen molar-refractivity contribution in [3.05, 3.63) is 78.6 Å². The lowest BCUT2D eigenvalue weighted by atomic mass is 10.2. The number of amides is 1. The average molecular weight is 351 g/mol. The Morgan fingerprint density at radius 2 is 1.76 bits per heavy atom. The van der Waals surface area contributed by atoms with E-state index in [0.717, 1.165) is 10.6 Å². The Balaban J connectivity index is 1.55. The fourth-order valence-electron chi connectivity index (χ4n) is 2.07. The van der Waals surface area contributed by atoms with Crippen molar-refractivity contribution in [1.29, 1.82) is 0 Å². The van der Waals surface area contributed by atoms with E-state index < -0.39 is 0 Å². The molecular weight excluding hydrogens is 334 g/mol. The van der Waals surface area contributed by atoms with Crippen molar-refractivity contribution in [3.8, 4) is 11.6 Å². The number of aromatic nitrogens is 2. The van der Waals surface area contributed by atoms with Gasteiger partial charge in [-0.05, 0) is 30.3 Å². The molecule has 1 N–H and O–H groups in total. The van der Waals surface area contributed by atoms with Gasteiger partial charge in [0.2, 0.25) is 11.8 Å². The summed E-state index contributed by atoms with van der Waals surface area (Å²) >= 11 is 1.40. The van der Waals surface area contributed by atoms with Crippen molar-refractivity contribution >= 4 is 17.7 Å². The number of ether oxygens (including phenoxy) is 1. The molecule has 0 bridgehead atoms. The second-order valence-corrected chi connectivity index (χ2v) is 6.11. The van der Waals surface area contributed by atoms with Crippen molar-refractivity contribution in [1.82, 2.24) is 15.3 Å². The van der Waals surface area contributed by atoms with E-state index in [1.165, 1.54) is 11.8 Å². The minimum Gasteiger partial charge on any atom is -0.439 e. The van der Waals surface area contributed by atoms with Crippen molar-refractivity contribution in [2.75, 3.05) is 5.75 Å². The molecule has 0 aliphatic heterocycles. The second-order valence-electron chi connectivity index (χ2n) is 5.12. The van der Waals surface area contributed by atoms with E-state index in [-0.39, 0.29) is 5.91 Å². The molecular formula is C19H17N3O2S. The number of rotatable bonds is 7. The molecule has 0 aliphatic carbocycles. The van der Waals surface area contributed by atoms with Crippen LogP contribution in [0.2, 0.25) is 0 Å². The summed E-state index contributed by atoms with van der Waals surface area (Å²) in [6.07, 6.45) is 3.38. The molecule has 5 nitrogen and oxygen atoms in total. The third-order valence-electron chi connectivity index (χ3n) is 3.27. The van der Waals surface area contributed by atoms with E-state index in [4.69, 9.17) is 4.74 Å². The van der Waals surface area contributed by atoms with Crippen LogP contribution in [0.4, 0.5) is 0 Å². The van der Waals surface area contributed by atoms with Crippen molar-refractivity contribution in [2.45, 2.75) is 11.6 Å². The first kappa shape index (κ1) is 17.0. The second kappa shape index (κ2) is 8.84. The van der Waals surface area contributed by atoms with E-state index in [2.05, 4.69) is 15.3 Å². The first-order valence-corrected chi connectivity index (χ1v) is 8.77. The van der Waals surface area contributed by atoms with Crippen LogP contribution in [0.25, 0.3) is 0 Å². The van der Waals surface area contributed by atoms with E-state index in [9.17, 15) is 4.79 Å². The van der Waals surface area contributed by atoms with Gasteiger partial charge < -0.3 is 10.1 Å². The van der Waals surface area contributed by atoms with Gasteiger partial charge in [-0.1, -0.05) is 42.1 Å². The molecule has 3 rings (SSSR count). The molecule has 0 fully saturated rings. The minimum atomic E-state index is -0.0647. The molecule has 1 amide bonds. The summed E-state index contributed by atoms with van der Waals surface area (Å²) < 4.78 is 5.79. The van der Waals surface area contributed by atoms with Gasteiger partial charge in [0, 0.05) is 24.5 Å². The van der Waals surface area contributed by atoms with E-state index in [1.54, 1.807) is 12.4 Å². The lowest BCUT2D eigenvalue weighted by molar-refractivity contribution is -0.118. The Labute approximate surface area is 150 Å². The fraction of sp³-hybridized carbons (Fsp3) is 0.105. The molecule has 0 aliphatic rings. The molecule has 0 radical (unpaired) electrons. The summed E-state index contributed by atoms with van der Waals surface area (Å²) in [5.74, 6) is 1.45. The van der Waals surface area contributed by atoms with Gasteiger partial charge in [0.15, 0.2) is 0 Å². The maximum Gasteiger partial charge on any atom is 0.230 e. The standard InChI is InChI=1S/C19H17N3O2S/c23-17(14-25-18-10-4-5-11-20-18)22-13-15-7-6-12-21-19(15)24-16-8-2-1-3-9-16/h1-12H,13-14H2,(H,22,23). The molecule has 0 spiro atoms. The summed E-state index contributed by atoms with van der Waals surface area (Å²) in [4.78, 5) is 20.5. The zero-order chi connectivity index (χ0) is 17.3. The Kier molecular flexibility index (Phi) is 6.01. The zero-order valence-corrected chi connectivity index (χ0v) is 14.3. The molecule has 25 heavy (non-hydrogen) atoms. The van der Waals surface area contributed by atoms with E-state index in [0.29, 0.717) is 23.9 Å². The fourth-order valence-corrected chi connectivity index (χ4v) is 2.76. The number of pyridine rings is 2. The molecule has 2 heterocycles. The molecule has 0 saturated carbocycles. The highest BCUT2D eigenvalue weighted by atomic mass is 32.2. The molecule has 6 heteroatoms. The highest BCUT2D eigenvalue weighted by Gasteiger charge is 2.08. The smallest absolute Gasteiger partial charge is 0.230 e. The largest absolute Gasteiger partial charge is 0.439 e. The first-order valence-electron chi connectivity index (χ1n) is 7.78. The van der Waals surface area contributed by atoms with Crippen LogP contribution < -0.4 is 10.1 Å². The summed E-state index contributed by atoms with van der Waals surface area (Å²) in [7, 11) is 0. The number of para-hydroxylation sites is 1. The van der Waals surface area contributed by atoms with Crippen LogP contribution in [0.1, 0.15) is 5.56 Å². The lowest BCUT2D eigenvalue weighted by Crippen LogP contribution is -2.24. The van der Waals surface area contributed by atoms with Gasteiger partial charge in [-0.15, -0.1) is 0 Å². The predicted octanol–water partition coefficient (Wildman–Crippen LogP) is 3.68. The van der Waals surface area contributed by atoms with Gasteiger partial charge in [0.25, 0.3) is 0 Å². The summed E-state index contributed by atoms with van der Waals surface area (Å²) in [5.41, 5.74) is 0.822. The Morgan fingerprint density at radius 3 is 2.56 bits per heavy atom. The third-order valence-corrected chi connectivity index (χ3v) is 4.22. The molecule has 0 unspecified atom stereocenters. The summed E-state index contributed by atoms with van der Waals surface area (Å²) in [6.45, 7) is 0.359. The minimum absolute atomic E-state index is 0.0647. The summed E-state index contributed by atoms with van der Waals surface area (Å²) in [6, 6.07) is 18.8. The normalized spacial score (nSPS) is 10.2. The van der Waals surface area contributed by atoms with Gasteiger partial charge in [0.05, 0.1) is 10.8 Å². The van der Waals surface area contributed by atoms with Crippen LogP contribution >= 0.6 is 11.8 Å². The number of nitrogens with one attached hydrogen (secondary N) is 1. The number of benzene rings is 1. The van der Waals surface area contributed by atoms with Crippen LogP contribution in [-0.2, 0) is 11.3 Å². The Bertz CT molecular complexity index is 813. The Hall–Kier alpha value is -2.86. The average Bonchev–Trinajstić information content (AvgIpc) is 2.67. The topological polar surface area (TPSA) is 64.1 Å². The molecule has 126 valence electrons. The van der Waals surface area contributed by atoms with Crippen molar-refractivity contribution < 1.29 is 9.53 Å². The first-order chi connectivity index (χ1) is 12.3. The number of hydrogen-bond donors (Lipinski definition) is 1. The van der Waals surface area contributed by atoms with Crippen LogP contribution in [0.5, 0.6) is 11.6 Å². The number of thioether (sulfide) groups is 1. The monoisotopic (exact) mass is 351 g/mol. The van der Waals surface area contributed by atoms with Gasteiger partial charge in [-0.3, -0.25) is 4.79 Å². The number of carbonyl (C=O) groups excluding carboxylic acids is 1. The third kappa shape index (κ3) is 5.32. The zero-order valence-electron chi connectivity index (χ0n) is 13.5. The van der Waals surface area contributed by atoms with Gasteiger partial charge in [-0.2, -0.15) is 0 Å². The highest BCUT2D eigenvalue weighted by molar-refractivity contribution is 7.99. The molecule has 1 aromatic carbocycles. The maximum atomic E-state index is 12.0. The Morgan fingerprint density at radius 1 is 0.960 bits per heavy atom. The van der Waals surface area contributed by atoms with Gasteiger partial charge in [0.1, 0.15) is 5.75 Å². The molecule has 0 atom stereocenters. The van der Waals surface area contributed by atoms with E-state index in [1.807, 2.05) is 60.7 Å². The quantitative estimate of drug-likeness (QED) is 0.658. The van der Waals surface area contributed by atoms with Crippen LogP contribution in [0.3, 0.4) is 0 Å². The number of carbonyl (C=O) groups is 1.